The van der Waals surface area contributed by atoms with Gasteiger partial charge in [-0.25, -0.2) is 0 Å². The van der Waals surface area contributed by atoms with Gasteiger partial charge in [-0.3, -0.25) is 0 Å². The molecular weight excluding hydrogens is 182 g/mol. The standard InChI is InChI=1S/C9H21N3O2/c1-2-3-8(4-5-13)6-11-7-9(10)12-14/h8,11,13-14H,2-7H2,1H3,(H2,10,12). The van der Waals surface area contributed by atoms with Crippen molar-refractivity contribution >= 4 is 5.84 Å². The highest BCUT2D eigenvalue weighted by atomic mass is 16.4. The molecule has 84 valence electrons. The Bertz CT molecular complexity index is 156. The van der Waals surface area contributed by atoms with Gasteiger partial charge in [-0.1, -0.05) is 18.5 Å². The number of hydrogen-bond acceptors (Lipinski definition) is 4. The zero-order valence-electron chi connectivity index (χ0n) is 8.74. The van der Waals surface area contributed by atoms with Crippen LogP contribution in [0.1, 0.15) is 26.2 Å². The van der Waals surface area contributed by atoms with Gasteiger partial charge in [0, 0.05) is 6.61 Å². The fourth-order valence-electron chi connectivity index (χ4n) is 1.38. The van der Waals surface area contributed by atoms with Crippen molar-refractivity contribution in [3.63, 3.8) is 0 Å². The third-order valence-corrected chi connectivity index (χ3v) is 2.10. The molecule has 0 aromatic heterocycles. The van der Waals surface area contributed by atoms with E-state index in [0.717, 1.165) is 25.8 Å². The maximum Gasteiger partial charge on any atom is 0.153 e. The number of aliphatic hydroxyl groups is 1. The fourth-order valence-corrected chi connectivity index (χ4v) is 1.38. The van der Waals surface area contributed by atoms with Gasteiger partial charge in [-0.15, -0.1) is 0 Å². The molecule has 0 aliphatic carbocycles. The van der Waals surface area contributed by atoms with Crippen LogP contribution in [0.5, 0.6) is 0 Å². The van der Waals surface area contributed by atoms with E-state index >= 15 is 0 Å². The van der Waals surface area contributed by atoms with Gasteiger partial charge < -0.3 is 21.4 Å². The Morgan fingerprint density at radius 3 is 2.71 bits per heavy atom. The van der Waals surface area contributed by atoms with E-state index in [1.165, 1.54) is 0 Å². The average molecular weight is 203 g/mol. The number of aliphatic hydroxyl groups excluding tert-OH is 1. The molecule has 0 spiro atoms. The predicted octanol–water partition coefficient (Wildman–Crippen LogP) is 0.121. The maximum absolute atomic E-state index is 8.80. The fraction of sp³-hybridized carbons (Fsp3) is 0.889. The van der Waals surface area contributed by atoms with E-state index < -0.39 is 0 Å². The summed E-state index contributed by atoms with van der Waals surface area (Å²) in [4.78, 5) is 0. The second kappa shape index (κ2) is 8.77. The van der Waals surface area contributed by atoms with Gasteiger partial charge in [0.05, 0.1) is 6.54 Å². The number of rotatable bonds is 8. The normalized spacial score (nSPS) is 14.3. The quantitative estimate of drug-likeness (QED) is 0.195. The largest absolute Gasteiger partial charge is 0.409 e. The van der Waals surface area contributed by atoms with E-state index in [9.17, 15) is 0 Å². The van der Waals surface area contributed by atoms with Gasteiger partial charge in [0.1, 0.15) is 0 Å². The highest BCUT2D eigenvalue weighted by molar-refractivity contribution is 5.81. The van der Waals surface area contributed by atoms with Gasteiger partial charge in [0.25, 0.3) is 0 Å². The average Bonchev–Trinajstić information content (AvgIpc) is 2.18. The first-order chi connectivity index (χ1) is 6.74. The zero-order valence-corrected chi connectivity index (χ0v) is 8.74. The van der Waals surface area contributed by atoms with Gasteiger partial charge in [0.15, 0.2) is 5.84 Å². The molecule has 1 atom stereocenters. The lowest BCUT2D eigenvalue weighted by Gasteiger charge is -2.15. The van der Waals surface area contributed by atoms with Crippen molar-refractivity contribution < 1.29 is 10.3 Å². The molecule has 5 N–H and O–H groups in total. The third-order valence-electron chi connectivity index (χ3n) is 2.10. The summed E-state index contributed by atoms with van der Waals surface area (Å²) in [7, 11) is 0. The number of nitrogens with two attached hydrogens (primary N) is 1. The molecule has 5 nitrogen and oxygen atoms in total. The minimum atomic E-state index is 0.184. The Hall–Kier alpha value is -0.810. The highest BCUT2D eigenvalue weighted by Gasteiger charge is 2.06. The molecule has 0 aromatic rings. The smallest absolute Gasteiger partial charge is 0.153 e. The summed E-state index contributed by atoms with van der Waals surface area (Å²) in [5, 5.41) is 23.0. The second-order valence-electron chi connectivity index (χ2n) is 3.39. The first-order valence-electron chi connectivity index (χ1n) is 5.02. The number of hydrogen-bond donors (Lipinski definition) is 4. The van der Waals surface area contributed by atoms with Crippen LogP contribution >= 0.6 is 0 Å². The molecule has 1 unspecified atom stereocenters. The van der Waals surface area contributed by atoms with Crippen LogP contribution < -0.4 is 11.1 Å². The van der Waals surface area contributed by atoms with Crippen LogP contribution in [0.25, 0.3) is 0 Å². The Balaban J connectivity index is 3.59. The Morgan fingerprint density at radius 1 is 1.50 bits per heavy atom. The molecule has 5 heteroatoms. The van der Waals surface area contributed by atoms with E-state index in [1.54, 1.807) is 0 Å². The molecule has 0 saturated heterocycles. The first kappa shape index (κ1) is 13.2. The summed E-state index contributed by atoms with van der Waals surface area (Å²) < 4.78 is 0. The minimum absolute atomic E-state index is 0.184. The second-order valence-corrected chi connectivity index (χ2v) is 3.39. The van der Waals surface area contributed by atoms with E-state index in [4.69, 9.17) is 16.0 Å². The van der Waals surface area contributed by atoms with Gasteiger partial charge >= 0.3 is 0 Å². The van der Waals surface area contributed by atoms with Crippen LogP contribution in [0.3, 0.4) is 0 Å². The summed E-state index contributed by atoms with van der Waals surface area (Å²) in [6, 6.07) is 0. The molecule has 0 aliphatic rings. The molecule has 0 heterocycles. The number of oxime groups is 1. The van der Waals surface area contributed by atoms with Crippen LogP contribution in [0, 0.1) is 5.92 Å². The Morgan fingerprint density at radius 2 is 2.21 bits per heavy atom. The zero-order chi connectivity index (χ0) is 10.8. The molecule has 0 radical (unpaired) electrons. The van der Waals surface area contributed by atoms with Crippen molar-refractivity contribution in [3.05, 3.63) is 0 Å². The minimum Gasteiger partial charge on any atom is -0.409 e. The summed E-state index contributed by atoms with van der Waals surface area (Å²) in [6.45, 7) is 3.52. The van der Waals surface area contributed by atoms with Gasteiger partial charge in [-0.2, -0.15) is 0 Å². The predicted molar refractivity (Wildman–Crippen MR) is 56.4 cm³/mol. The molecule has 14 heavy (non-hydrogen) atoms. The number of nitrogens with zero attached hydrogens (tertiary/aromatic N) is 1. The Kier molecular flexibility index (Phi) is 8.27. The third kappa shape index (κ3) is 6.68. The lowest BCUT2D eigenvalue weighted by molar-refractivity contribution is 0.249. The van der Waals surface area contributed by atoms with E-state index in [-0.39, 0.29) is 12.4 Å². The van der Waals surface area contributed by atoms with Crippen LogP contribution in [0.4, 0.5) is 0 Å². The van der Waals surface area contributed by atoms with Crippen molar-refractivity contribution in [1.29, 1.82) is 0 Å². The molecular formula is C9H21N3O2. The number of nitrogens with one attached hydrogen (secondary N) is 1. The van der Waals surface area contributed by atoms with Crippen LogP contribution in [0.15, 0.2) is 5.16 Å². The molecule has 0 aliphatic heterocycles. The van der Waals surface area contributed by atoms with Crippen molar-refractivity contribution in [3.8, 4) is 0 Å². The summed E-state index contributed by atoms with van der Waals surface area (Å²) >= 11 is 0. The van der Waals surface area contributed by atoms with Crippen LogP contribution in [0.2, 0.25) is 0 Å². The lowest BCUT2D eigenvalue weighted by Crippen LogP contribution is -2.32. The molecule has 0 aromatic carbocycles. The monoisotopic (exact) mass is 203 g/mol. The topological polar surface area (TPSA) is 90.9 Å². The number of amidine groups is 1. The van der Waals surface area contributed by atoms with Crippen LogP contribution in [-0.4, -0.2) is 35.8 Å². The Labute approximate surface area is 85.0 Å². The highest BCUT2D eigenvalue weighted by Crippen LogP contribution is 2.08. The summed E-state index contributed by atoms with van der Waals surface area (Å²) in [6.07, 6.45) is 3.00. The summed E-state index contributed by atoms with van der Waals surface area (Å²) in [5.74, 6) is 0.653. The van der Waals surface area contributed by atoms with E-state index in [1.807, 2.05) is 0 Å². The van der Waals surface area contributed by atoms with Crippen molar-refractivity contribution in [2.24, 2.45) is 16.8 Å². The van der Waals surface area contributed by atoms with Crippen LogP contribution in [-0.2, 0) is 0 Å². The van der Waals surface area contributed by atoms with Gasteiger partial charge in [-0.05, 0) is 25.3 Å². The van der Waals surface area contributed by atoms with Crippen molar-refractivity contribution in [1.82, 2.24) is 5.32 Å². The molecule has 0 rings (SSSR count). The summed E-state index contributed by atoms with van der Waals surface area (Å²) in [5.41, 5.74) is 5.30. The van der Waals surface area contributed by atoms with E-state index in [2.05, 4.69) is 17.4 Å². The van der Waals surface area contributed by atoms with Crippen molar-refractivity contribution in [2.45, 2.75) is 26.2 Å². The molecule has 0 saturated carbocycles. The maximum atomic E-state index is 8.80. The first-order valence-corrected chi connectivity index (χ1v) is 5.02. The van der Waals surface area contributed by atoms with Crippen molar-refractivity contribution in [2.75, 3.05) is 19.7 Å². The molecule has 0 amide bonds. The molecule has 0 fully saturated rings. The SMILES string of the molecule is CCCC(CCO)CNCC(N)=NO. The molecule has 0 bridgehead atoms. The van der Waals surface area contributed by atoms with Gasteiger partial charge in [0.2, 0.25) is 0 Å². The lowest BCUT2D eigenvalue weighted by atomic mass is 10.0. The van der Waals surface area contributed by atoms with E-state index in [0.29, 0.717) is 12.5 Å².